The van der Waals surface area contributed by atoms with Crippen molar-refractivity contribution in [2.75, 3.05) is 20.2 Å². The van der Waals surface area contributed by atoms with Crippen molar-refractivity contribution in [1.82, 2.24) is 30.4 Å². The number of carbonyl (C=O) groups is 5. The van der Waals surface area contributed by atoms with E-state index in [-0.39, 0.29) is 24.9 Å². The lowest BCUT2D eigenvalue weighted by Crippen LogP contribution is -2.55. The molecule has 292 valence electrons. The number of carbonyl (C=O) groups excluding carboxylic acids is 5. The summed E-state index contributed by atoms with van der Waals surface area (Å²) in [5, 5.41) is 17.8. The average Bonchev–Trinajstić information content (AvgIpc) is 3.54. The lowest BCUT2D eigenvalue weighted by Gasteiger charge is -2.41. The third kappa shape index (κ3) is 11.5. The van der Waals surface area contributed by atoms with Crippen molar-refractivity contribution < 1.29 is 37.9 Å². The van der Waals surface area contributed by atoms with E-state index in [4.69, 9.17) is 5.73 Å². The zero-order valence-electron chi connectivity index (χ0n) is 31.2. The smallest absolute Gasteiger partial charge is 0.248 e. The quantitative estimate of drug-likeness (QED) is 0.109. The minimum Gasteiger partial charge on any atom is -0.387 e. The van der Waals surface area contributed by atoms with Crippen LogP contribution >= 0.6 is 0 Å². The van der Waals surface area contributed by atoms with E-state index in [0.29, 0.717) is 23.4 Å². The topological polar surface area (TPSA) is 189 Å². The number of benzene rings is 2. The highest BCUT2D eigenvalue weighted by Gasteiger charge is 2.38. The van der Waals surface area contributed by atoms with Crippen LogP contribution in [0, 0.1) is 17.0 Å². The number of nitrogens with one attached hydrogen (secondary N) is 3. The third-order valence-corrected chi connectivity index (χ3v) is 8.94. The van der Waals surface area contributed by atoms with Gasteiger partial charge < -0.3 is 36.3 Å². The summed E-state index contributed by atoms with van der Waals surface area (Å²) in [4.78, 5) is 70.4. The fourth-order valence-corrected chi connectivity index (χ4v) is 6.43. The van der Waals surface area contributed by atoms with Crippen molar-refractivity contribution in [2.45, 2.75) is 64.7 Å². The van der Waals surface area contributed by atoms with Crippen molar-refractivity contribution in [3.8, 4) is 11.1 Å². The summed E-state index contributed by atoms with van der Waals surface area (Å²) in [5.41, 5.74) is 7.07. The number of hydrogen-bond donors (Lipinski definition) is 5. The van der Waals surface area contributed by atoms with Crippen LogP contribution in [0.5, 0.6) is 0 Å². The molecule has 0 aliphatic carbocycles. The molecule has 0 saturated heterocycles. The molecule has 2 aromatic carbocycles. The van der Waals surface area contributed by atoms with Gasteiger partial charge in [0.2, 0.25) is 29.5 Å². The van der Waals surface area contributed by atoms with E-state index in [1.54, 1.807) is 24.4 Å². The van der Waals surface area contributed by atoms with Crippen LogP contribution in [-0.2, 0) is 36.9 Å². The van der Waals surface area contributed by atoms with Crippen LogP contribution in [0.25, 0.3) is 11.1 Å². The number of rotatable bonds is 17. The number of aliphatic hydroxyl groups is 1. The molecule has 4 rings (SSSR count). The van der Waals surface area contributed by atoms with Gasteiger partial charge in [0.25, 0.3) is 0 Å². The number of aliphatic hydroxyl groups excluding tert-OH is 1. The molecule has 4 aromatic rings. The Kier molecular flexibility index (Phi) is 14.3. The first-order valence-corrected chi connectivity index (χ1v) is 17.7. The molecule has 2 heterocycles. The Bertz CT molecular complexity index is 1970. The first kappa shape index (κ1) is 41.8. The van der Waals surface area contributed by atoms with Crippen LogP contribution in [0.1, 0.15) is 56.5 Å². The number of nitrogens with zero attached hydrogens (tertiary/aromatic N) is 3. The van der Waals surface area contributed by atoms with Gasteiger partial charge in [-0.05, 0) is 59.4 Å². The second-order valence-electron chi connectivity index (χ2n) is 14.2. The number of aromatic nitrogens is 2. The maximum Gasteiger partial charge on any atom is 0.248 e. The molecule has 0 aliphatic rings. The average molecular weight is 760 g/mol. The second-order valence-corrected chi connectivity index (χ2v) is 14.2. The second kappa shape index (κ2) is 18.9. The molecule has 0 bridgehead atoms. The lowest BCUT2D eigenvalue weighted by molar-refractivity contribution is -0.140. The number of pyridine rings is 1. The van der Waals surface area contributed by atoms with Crippen molar-refractivity contribution in [3.05, 3.63) is 114 Å². The van der Waals surface area contributed by atoms with E-state index in [1.807, 2.05) is 55.7 Å². The summed E-state index contributed by atoms with van der Waals surface area (Å²) in [7, 11) is 1.36. The van der Waals surface area contributed by atoms with Crippen LogP contribution in [0.2, 0.25) is 0 Å². The maximum atomic E-state index is 15.1. The van der Waals surface area contributed by atoms with Gasteiger partial charge in [0.05, 0.1) is 18.9 Å². The molecule has 13 nitrogen and oxygen atoms in total. The highest BCUT2D eigenvalue weighted by Crippen LogP contribution is 2.41. The summed E-state index contributed by atoms with van der Waals surface area (Å²) < 4.78 is 31.3. The fourth-order valence-electron chi connectivity index (χ4n) is 6.43. The Morgan fingerprint density at radius 2 is 1.60 bits per heavy atom. The first-order chi connectivity index (χ1) is 26.1. The van der Waals surface area contributed by atoms with Gasteiger partial charge >= 0.3 is 0 Å². The summed E-state index contributed by atoms with van der Waals surface area (Å²) in [5.74, 6) is -4.91. The van der Waals surface area contributed by atoms with Crippen molar-refractivity contribution in [1.29, 1.82) is 0 Å². The Morgan fingerprint density at radius 3 is 2.22 bits per heavy atom. The summed E-state index contributed by atoms with van der Waals surface area (Å²) in [6.45, 7) is 4.86. The normalized spacial score (nSPS) is 12.9. The number of halogens is 2. The predicted octanol–water partition coefficient (Wildman–Crippen LogP) is 3.01. The Balaban J connectivity index is 1.68. The van der Waals surface area contributed by atoms with Crippen molar-refractivity contribution in [3.63, 3.8) is 0 Å². The molecule has 0 aliphatic heterocycles. The SMILES string of the molecule is CNC(=O)[C@H](CCN(C(=O)CO)C(c1cc(-c2cc(F)ccc2F)cn1Cc1ccccc1)C(C)(C)C)NC(=O)[C@H](CC(N)=O)NC(=O)Cc1ccncc1. The maximum absolute atomic E-state index is 15.1. The van der Waals surface area contributed by atoms with Gasteiger partial charge in [0, 0.05) is 55.5 Å². The number of hydrogen-bond acceptors (Lipinski definition) is 7. The molecule has 3 atom stereocenters. The standard InChI is InChI=1S/C40H47F2N7O6/c1-40(2,3)37(33-19-27(29-20-28(41)10-11-30(29)42)23-48(33)22-26-8-6-5-7-9-26)49(36(53)24-50)17-14-31(38(54)44-4)47-39(55)32(21-34(43)51)46-35(52)18-25-12-15-45-16-13-25/h5-13,15-16,19-20,23,31-32,37,50H,14,17-18,21-22,24H2,1-4H3,(H2,43,51)(H,44,54)(H,46,52)(H,47,55)/t31-,32-,37?/m0/s1. The van der Waals surface area contributed by atoms with Crippen LogP contribution in [0.3, 0.4) is 0 Å². The molecule has 15 heteroatoms. The molecule has 0 saturated carbocycles. The van der Waals surface area contributed by atoms with Gasteiger partial charge in [-0.25, -0.2) is 8.78 Å². The van der Waals surface area contributed by atoms with Gasteiger partial charge in [-0.3, -0.25) is 29.0 Å². The Hall–Kier alpha value is -5.96. The molecular formula is C40H47F2N7O6. The molecule has 0 radical (unpaired) electrons. The first-order valence-electron chi connectivity index (χ1n) is 17.7. The van der Waals surface area contributed by atoms with Gasteiger partial charge in [-0.15, -0.1) is 0 Å². The van der Waals surface area contributed by atoms with E-state index in [1.165, 1.54) is 24.3 Å². The highest BCUT2D eigenvalue weighted by molar-refractivity contribution is 5.95. The molecule has 55 heavy (non-hydrogen) atoms. The number of primary amides is 1. The number of amides is 5. The van der Waals surface area contributed by atoms with Gasteiger partial charge in [-0.1, -0.05) is 51.1 Å². The van der Waals surface area contributed by atoms with E-state index in [9.17, 15) is 33.5 Å². The van der Waals surface area contributed by atoms with E-state index >= 15 is 4.39 Å². The Morgan fingerprint density at radius 1 is 0.909 bits per heavy atom. The van der Waals surface area contributed by atoms with E-state index < -0.39 is 77.7 Å². The monoisotopic (exact) mass is 759 g/mol. The van der Waals surface area contributed by atoms with Crippen LogP contribution in [0.4, 0.5) is 8.78 Å². The molecule has 2 aromatic heterocycles. The van der Waals surface area contributed by atoms with Crippen molar-refractivity contribution in [2.24, 2.45) is 11.1 Å². The minimum atomic E-state index is -1.42. The van der Waals surface area contributed by atoms with Crippen molar-refractivity contribution >= 4 is 29.5 Å². The molecule has 0 spiro atoms. The van der Waals surface area contributed by atoms with Gasteiger partial charge in [-0.2, -0.15) is 0 Å². The van der Waals surface area contributed by atoms with E-state index in [0.717, 1.165) is 23.8 Å². The van der Waals surface area contributed by atoms with Crippen LogP contribution in [0.15, 0.2) is 85.3 Å². The zero-order chi connectivity index (χ0) is 40.3. The van der Waals surface area contributed by atoms with Crippen LogP contribution < -0.4 is 21.7 Å². The molecule has 1 unspecified atom stereocenters. The molecular weight excluding hydrogens is 712 g/mol. The summed E-state index contributed by atoms with van der Waals surface area (Å²) in [6.07, 6.45) is 3.85. The predicted molar refractivity (Wildman–Crippen MR) is 201 cm³/mol. The zero-order valence-corrected chi connectivity index (χ0v) is 31.2. The lowest BCUT2D eigenvalue weighted by atomic mass is 9.82. The largest absolute Gasteiger partial charge is 0.387 e. The highest BCUT2D eigenvalue weighted by atomic mass is 19.1. The number of likely N-dealkylation sites (N-methyl/N-ethyl adjacent to an activating group) is 1. The number of nitrogens with two attached hydrogens (primary N) is 1. The van der Waals surface area contributed by atoms with Crippen LogP contribution in [-0.4, -0.2) is 81.4 Å². The Labute approximate surface area is 318 Å². The third-order valence-electron chi connectivity index (χ3n) is 8.94. The summed E-state index contributed by atoms with van der Waals surface area (Å²) >= 11 is 0. The molecule has 5 amide bonds. The van der Waals surface area contributed by atoms with Gasteiger partial charge in [0.15, 0.2) is 0 Å². The molecule has 0 fully saturated rings. The summed E-state index contributed by atoms with van der Waals surface area (Å²) in [6, 6.07) is 14.0. The fraction of sp³-hybridized carbons (Fsp3) is 0.350. The van der Waals surface area contributed by atoms with E-state index in [2.05, 4.69) is 20.9 Å². The minimum absolute atomic E-state index is 0.0153. The van der Waals surface area contributed by atoms with Gasteiger partial charge in [0.1, 0.15) is 30.3 Å². The molecule has 6 N–H and O–H groups in total.